The van der Waals surface area contributed by atoms with Crippen molar-refractivity contribution in [3.05, 3.63) is 76.8 Å². The van der Waals surface area contributed by atoms with Crippen LogP contribution in [-0.2, 0) is 0 Å². The molecule has 0 amide bonds. The Labute approximate surface area is 162 Å². The summed E-state index contributed by atoms with van der Waals surface area (Å²) in [4.78, 5) is 9.03. The van der Waals surface area contributed by atoms with E-state index in [1.807, 2.05) is 67.6 Å². The zero-order valence-electron chi connectivity index (χ0n) is 14.9. The first kappa shape index (κ1) is 17.3. The molecule has 0 aliphatic carbocycles. The fourth-order valence-corrected chi connectivity index (χ4v) is 3.02. The number of hydrogen-bond acceptors (Lipinski definition) is 4. The highest BCUT2D eigenvalue weighted by molar-refractivity contribution is 6.32. The summed E-state index contributed by atoms with van der Waals surface area (Å²) in [5.41, 5.74) is 5.44. The highest BCUT2D eigenvalue weighted by Crippen LogP contribution is 2.27. The molecular weight excluding hydrogens is 360 g/mol. The van der Waals surface area contributed by atoms with Crippen LogP contribution in [-0.4, -0.2) is 18.3 Å². The summed E-state index contributed by atoms with van der Waals surface area (Å²) in [5, 5.41) is 0.558. The molecule has 0 atom stereocenters. The first-order valence-electron chi connectivity index (χ1n) is 8.47. The number of aromatic nitrogens is 1. The van der Waals surface area contributed by atoms with Gasteiger partial charge in [-0.1, -0.05) is 17.7 Å². The lowest BCUT2D eigenvalue weighted by molar-refractivity contribution is 0.415. The van der Waals surface area contributed by atoms with E-state index in [-0.39, 0.29) is 0 Å². The zero-order valence-corrected chi connectivity index (χ0v) is 15.7. The first-order valence-corrected chi connectivity index (χ1v) is 8.85. The van der Waals surface area contributed by atoms with Crippen LogP contribution >= 0.6 is 11.6 Å². The van der Waals surface area contributed by atoms with E-state index in [1.165, 1.54) is 0 Å². The van der Waals surface area contributed by atoms with E-state index in [0.29, 0.717) is 16.7 Å². The van der Waals surface area contributed by atoms with Crippen molar-refractivity contribution in [2.45, 2.75) is 6.92 Å². The predicted molar refractivity (Wildman–Crippen MR) is 109 cm³/mol. The lowest BCUT2D eigenvalue weighted by Gasteiger charge is -2.02. The summed E-state index contributed by atoms with van der Waals surface area (Å²) in [6, 6.07) is 19.3. The van der Waals surface area contributed by atoms with Gasteiger partial charge in [0.1, 0.15) is 11.3 Å². The van der Waals surface area contributed by atoms with Gasteiger partial charge in [0.2, 0.25) is 5.89 Å². The highest BCUT2D eigenvalue weighted by Gasteiger charge is 2.08. The van der Waals surface area contributed by atoms with E-state index < -0.39 is 0 Å². The number of fused-ring (bicyclic) bond motifs is 1. The van der Waals surface area contributed by atoms with Crippen molar-refractivity contribution in [3.63, 3.8) is 0 Å². The predicted octanol–water partition coefficient (Wildman–Crippen LogP) is 6.22. The quantitative estimate of drug-likeness (QED) is 0.397. The molecule has 1 heterocycles. The van der Waals surface area contributed by atoms with Crippen molar-refractivity contribution in [2.24, 2.45) is 4.99 Å². The standard InChI is InChI=1S/C22H17ClN2O2/c1-14-3-9-19-21(11-14)27-22(25-19)16-5-7-17(8-6-16)24-13-15-4-10-20(26-2)18(23)12-15/h3-13H,1-2H3. The van der Waals surface area contributed by atoms with Gasteiger partial charge >= 0.3 is 0 Å². The third kappa shape index (κ3) is 3.71. The van der Waals surface area contributed by atoms with E-state index in [2.05, 4.69) is 9.98 Å². The number of oxazole rings is 1. The number of hydrogen-bond donors (Lipinski definition) is 0. The van der Waals surface area contributed by atoms with Gasteiger partial charge in [0.05, 0.1) is 17.8 Å². The van der Waals surface area contributed by atoms with Crippen LogP contribution in [0.25, 0.3) is 22.6 Å². The van der Waals surface area contributed by atoms with Gasteiger partial charge in [-0.2, -0.15) is 0 Å². The number of nitrogens with zero attached hydrogens (tertiary/aromatic N) is 2. The van der Waals surface area contributed by atoms with Crippen molar-refractivity contribution in [2.75, 3.05) is 7.11 Å². The van der Waals surface area contributed by atoms with Crippen LogP contribution in [0.5, 0.6) is 5.75 Å². The number of aryl methyl sites for hydroxylation is 1. The SMILES string of the molecule is COc1ccc(C=Nc2ccc(-c3nc4ccc(C)cc4o3)cc2)cc1Cl. The van der Waals surface area contributed by atoms with Gasteiger partial charge in [-0.25, -0.2) is 4.98 Å². The van der Waals surface area contributed by atoms with E-state index in [9.17, 15) is 0 Å². The highest BCUT2D eigenvalue weighted by atomic mass is 35.5. The average Bonchev–Trinajstić information content (AvgIpc) is 3.10. The van der Waals surface area contributed by atoms with Crippen molar-refractivity contribution >= 4 is 34.6 Å². The maximum atomic E-state index is 6.14. The minimum Gasteiger partial charge on any atom is -0.495 e. The number of halogens is 1. The molecule has 0 fully saturated rings. The fraction of sp³-hybridized carbons (Fsp3) is 0.0909. The van der Waals surface area contributed by atoms with Gasteiger partial charge in [-0.05, 0) is 72.6 Å². The fourth-order valence-electron chi connectivity index (χ4n) is 2.76. The summed E-state index contributed by atoms with van der Waals surface area (Å²) in [7, 11) is 1.59. The molecule has 0 radical (unpaired) electrons. The molecule has 4 nitrogen and oxygen atoms in total. The first-order chi connectivity index (χ1) is 13.1. The van der Waals surface area contributed by atoms with Gasteiger partial charge < -0.3 is 9.15 Å². The van der Waals surface area contributed by atoms with Gasteiger partial charge in [-0.15, -0.1) is 0 Å². The molecule has 0 bridgehead atoms. The number of rotatable bonds is 4. The Balaban J connectivity index is 1.55. The van der Waals surface area contributed by atoms with Crippen LogP contribution < -0.4 is 4.74 Å². The smallest absolute Gasteiger partial charge is 0.227 e. The Hall–Kier alpha value is -3.11. The zero-order chi connectivity index (χ0) is 18.8. The lowest BCUT2D eigenvalue weighted by Crippen LogP contribution is -1.86. The Kier molecular flexibility index (Phi) is 4.65. The van der Waals surface area contributed by atoms with E-state index in [4.69, 9.17) is 20.8 Å². The van der Waals surface area contributed by atoms with Crippen LogP contribution in [0.2, 0.25) is 5.02 Å². The molecule has 0 unspecified atom stereocenters. The van der Waals surface area contributed by atoms with Crippen LogP contribution in [0.15, 0.2) is 70.1 Å². The maximum absolute atomic E-state index is 6.14. The summed E-state index contributed by atoms with van der Waals surface area (Å²) >= 11 is 6.14. The van der Waals surface area contributed by atoms with Crippen molar-refractivity contribution in [3.8, 4) is 17.2 Å². The number of ether oxygens (including phenoxy) is 1. The summed E-state index contributed by atoms with van der Waals surface area (Å²) in [6.07, 6.45) is 1.77. The molecule has 27 heavy (non-hydrogen) atoms. The third-order valence-electron chi connectivity index (χ3n) is 4.20. The summed E-state index contributed by atoms with van der Waals surface area (Å²) in [5.74, 6) is 1.25. The van der Waals surface area contributed by atoms with Gasteiger partial charge in [-0.3, -0.25) is 4.99 Å². The van der Waals surface area contributed by atoms with Crippen LogP contribution in [0.1, 0.15) is 11.1 Å². The normalized spacial score (nSPS) is 11.4. The van der Waals surface area contributed by atoms with Crippen LogP contribution in [0.4, 0.5) is 5.69 Å². The number of methoxy groups -OCH3 is 1. The minimum absolute atomic E-state index is 0.558. The molecule has 1 aromatic heterocycles. The topological polar surface area (TPSA) is 47.6 Å². The number of aliphatic imine (C=N–C) groups is 1. The van der Waals surface area contributed by atoms with Crippen molar-refractivity contribution in [1.29, 1.82) is 0 Å². The Morgan fingerprint density at radius 2 is 1.85 bits per heavy atom. The Bertz CT molecular complexity index is 1130. The van der Waals surface area contributed by atoms with E-state index >= 15 is 0 Å². The molecule has 0 aliphatic rings. The van der Waals surface area contributed by atoms with Gasteiger partial charge in [0.25, 0.3) is 0 Å². The monoisotopic (exact) mass is 376 g/mol. The third-order valence-corrected chi connectivity index (χ3v) is 4.49. The maximum Gasteiger partial charge on any atom is 0.227 e. The minimum atomic E-state index is 0.558. The van der Waals surface area contributed by atoms with Crippen molar-refractivity contribution < 1.29 is 9.15 Å². The molecule has 134 valence electrons. The average molecular weight is 377 g/mol. The van der Waals surface area contributed by atoms with E-state index in [1.54, 1.807) is 13.3 Å². The molecule has 0 saturated carbocycles. The largest absolute Gasteiger partial charge is 0.495 e. The summed E-state index contributed by atoms with van der Waals surface area (Å²) < 4.78 is 11.0. The Morgan fingerprint density at radius 1 is 1.04 bits per heavy atom. The van der Waals surface area contributed by atoms with Crippen LogP contribution in [0.3, 0.4) is 0 Å². The van der Waals surface area contributed by atoms with Crippen molar-refractivity contribution in [1.82, 2.24) is 4.98 Å². The Morgan fingerprint density at radius 3 is 2.59 bits per heavy atom. The molecule has 5 heteroatoms. The molecular formula is C22H17ClN2O2. The van der Waals surface area contributed by atoms with E-state index in [0.717, 1.165) is 33.5 Å². The molecule has 0 saturated heterocycles. The second-order valence-electron chi connectivity index (χ2n) is 6.19. The molecule has 3 aromatic carbocycles. The number of benzene rings is 3. The molecule has 0 N–H and O–H groups in total. The summed E-state index contributed by atoms with van der Waals surface area (Å²) in [6.45, 7) is 2.03. The molecule has 4 aromatic rings. The molecule has 4 rings (SSSR count). The lowest BCUT2D eigenvalue weighted by atomic mass is 10.2. The van der Waals surface area contributed by atoms with Gasteiger partial charge in [0.15, 0.2) is 5.58 Å². The molecule has 0 aliphatic heterocycles. The second kappa shape index (κ2) is 7.25. The second-order valence-corrected chi connectivity index (χ2v) is 6.60. The molecule has 0 spiro atoms. The van der Waals surface area contributed by atoms with Gasteiger partial charge in [0, 0.05) is 11.8 Å². The van der Waals surface area contributed by atoms with Crippen LogP contribution in [0, 0.1) is 6.92 Å².